The van der Waals surface area contributed by atoms with Gasteiger partial charge in [-0.25, -0.2) is 0 Å². The number of hydrogen-bond acceptors (Lipinski definition) is 7. The van der Waals surface area contributed by atoms with Gasteiger partial charge in [-0.3, -0.25) is 0 Å². The molecule has 0 fully saturated rings. The van der Waals surface area contributed by atoms with E-state index in [0.717, 1.165) is 49.1 Å². The molecule has 0 atom stereocenters. The number of ether oxygens (including phenoxy) is 3. The van der Waals surface area contributed by atoms with E-state index in [2.05, 4.69) is 15.4 Å². The summed E-state index contributed by atoms with van der Waals surface area (Å²) in [6.45, 7) is 0. The van der Waals surface area contributed by atoms with Crippen molar-refractivity contribution in [3.8, 4) is 33.4 Å². The summed E-state index contributed by atoms with van der Waals surface area (Å²) >= 11 is 1.67. The van der Waals surface area contributed by atoms with Gasteiger partial charge in [-0.15, -0.1) is 21.5 Å². The molecule has 0 aliphatic heterocycles. The zero-order valence-electron chi connectivity index (χ0n) is 18.9. The van der Waals surface area contributed by atoms with Crippen molar-refractivity contribution < 1.29 is 14.2 Å². The Morgan fingerprint density at radius 1 is 0.824 bits per heavy atom. The summed E-state index contributed by atoms with van der Waals surface area (Å²) in [5.41, 5.74) is 2.07. The van der Waals surface area contributed by atoms with Gasteiger partial charge in [-0.05, 0) is 77.0 Å². The highest BCUT2D eigenvalue weighted by atomic mass is 32.1. The molecular formula is C26H22N4O3S. The number of thiophene rings is 1. The van der Waals surface area contributed by atoms with E-state index in [-0.39, 0.29) is 0 Å². The number of rotatable bonds is 7. The predicted octanol–water partition coefficient (Wildman–Crippen LogP) is 6.07. The molecule has 34 heavy (non-hydrogen) atoms. The molecule has 0 radical (unpaired) electrons. The van der Waals surface area contributed by atoms with Gasteiger partial charge >= 0.3 is 0 Å². The van der Waals surface area contributed by atoms with Crippen molar-refractivity contribution in [1.82, 2.24) is 20.2 Å². The Hall–Kier alpha value is -4.17. The van der Waals surface area contributed by atoms with E-state index >= 15 is 0 Å². The van der Waals surface area contributed by atoms with Crippen LogP contribution >= 0.6 is 11.3 Å². The molecule has 0 N–H and O–H groups in total. The molecule has 0 aliphatic carbocycles. The first-order valence-electron chi connectivity index (χ1n) is 10.6. The largest absolute Gasteiger partial charge is 0.497 e. The lowest BCUT2D eigenvalue weighted by Crippen LogP contribution is -1.91. The summed E-state index contributed by atoms with van der Waals surface area (Å²) in [7, 11) is 5.08. The van der Waals surface area contributed by atoms with Crippen molar-refractivity contribution in [2.24, 2.45) is 7.05 Å². The minimum Gasteiger partial charge on any atom is -0.497 e. The fraction of sp³-hybridized carbons (Fsp3) is 0.115. The molecule has 2 aromatic heterocycles. The monoisotopic (exact) mass is 470 g/mol. The molecule has 5 rings (SSSR count). The fourth-order valence-electron chi connectivity index (χ4n) is 3.52. The van der Waals surface area contributed by atoms with Gasteiger partial charge in [0.25, 0.3) is 0 Å². The fourth-order valence-corrected chi connectivity index (χ4v) is 4.68. The van der Waals surface area contributed by atoms with E-state index in [1.54, 1.807) is 32.6 Å². The Bertz CT molecular complexity index is 1450. The Balaban J connectivity index is 1.47. The summed E-state index contributed by atoms with van der Waals surface area (Å²) in [6.07, 6.45) is 3.76. The maximum Gasteiger partial charge on any atom is 0.197 e. The highest BCUT2D eigenvalue weighted by molar-refractivity contribution is 7.22. The van der Waals surface area contributed by atoms with Gasteiger partial charge in [0.05, 0.1) is 26.1 Å². The number of hydrogen-bond donors (Lipinski definition) is 0. The summed E-state index contributed by atoms with van der Waals surface area (Å²) < 4.78 is 18.3. The third-order valence-corrected chi connectivity index (χ3v) is 6.44. The molecule has 170 valence electrons. The van der Waals surface area contributed by atoms with E-state index in [1.165, 1.54) is 4.80 Å². The zero-order valence-corrected chi connectivity index (χ0v) is 19.7. The Kier molecular flexibility index (Phi) is 5.97. The van der Waals surface area contributed by atoms with E-state index in [4.69, 9.17) is 14.2 Å². The number of benzene rings is 3. The van der Waals surface area contributed by atoms with Crippen LogP contribution in [0.5, 0.6) is 23.0 Å². The lowest BCUT2D eigenvalue weighted by atomic mass is 10.1. The van der Waals surface area contributed by atoms with Crippen molar-refractivity contribution in [3.63, 3.8) is 0 Å². The minimum absolute atomic E-state index is 0.562. The summed E-state index contributed by atoms with van der Waals surface area (Å²) in [6, 6.07) is 21.9. The topological polar surface area (TPSA) is 71.3 Å². The second-order valence-corrected chi connectivity index (χ2v) is 8.54. The van der Waals surface area contributed by atoms with E-state index in [0.29, 0.717) is 5.82 Å². The average Bonchev–Trinajstić information content (AvgIpc) is 3.46. The highest BCUT2D eigenvalue weighted by Gasteiger charge is 2.17. The maximum absolute atomic E-state index is 6.44. The van der Waals surface area contributed by atoms with Crippen molar-refractivity contribution in [1.29, 1.82) is 0 Å². The van der Waals surface area contributed by atoms with Crippen LogP contribution in [0.1, 0.15) is 11.4 Å². The van der Waals surface area contributed by atoms with Crippen LogP contribution in [0, 0.1) is 0 Å². The van der Waals surface area contributed by atoms with Crippen LogP contribution in [-0.2, 0) is 7.05 Å². The van der Waals surface area contributed by atoms with Gasteiger partial charge in [0.2, 0.25) is 0 Å². The molecule has 7 nitrogen and oxygen atoms in total. The molecule has 0 saturated heterocycles. The van der Waals surface area contributed by atoms with Gasteiger partial charge in [-0.2, -0.15) is 4.80 Å². The maximum atomic E-state index is 6.44. The van der Waals surface area contributed by atoms with Crippen LogP contribution in [0.3, 0.4) is 0 Å². The number of aryl methyl sites for hydroxylation is 1. The number of nitrogens with zero attached hydrogens (tertiary/aromatic N) is 4. The quantitative estimate of drug-likeness (QED) is 0.287. The zero-order chi connectivity index (χ0) is 23.5. The first-order valence-corrected chi connectivity index (χ1v) is 11.4. The minimum atomic E-state index is 0.562. The molecule has 0 bridgehead atoms. The Morgan fingerprint density at radius 2 is 1.53 bits per heavy atom. The SMILES string of the molecule is COc1ccc(-c2sc3cc(OC)ccc3c2Oc2ccc(C=Cc3nnn(C)n3)cc2)cc1. The molecule has 5 aromatic rings. The number of aromatic nitrogens is 4. The molecule has 2 heterocycles. The third-order valence-electron chi connectivity index (χ3n) is 5.25. The van der Waals surface area contributed by atoms with Crippen LogP contribution in [0.2, 0.25) is 0 Å². The van der Waals surface area contributed by atoms with Crippen LogP contribution < -0.4 is 14.2 Å². The van der Waals surface area contributed by atoms with Gasteiger partial charge in [-0.1, -0.05) is 18.2 Å². The van der Waals surface area contributed by atoms with Crippen molar-refractivity contribution in [3.05, 3.63) is 78.1 Å². The smallest absolute Gasteiger partial charge is 0.197 e. The second kappa shape index (κ2) is 9.36. The van der Waals surface area contributed by atoms with Crippen LogP contribution in [0.4, 0.5) is 0 Å². The lowest BCUT2D eigenvalue weighted by Gasteiger charge is -2.09. The molecule has 0 unspecified atom stereocenters. The van der Waals surface area contributed by atoms with E-state index in [1.807, 2.05) is 78.9 Å². The van der Waals surface area contributed by atoms with Gasteiger partial charge < -0.3 is 14.2 Å². The van der Waals surface area contributed by atoms with Gasteiger partial charge in [0.15, 0.2) is 11.6 Å². The third kappa shape index (κ3) is 4.49. The normalized spacial score (nSPS) is 11.3. The van der Waals surface area contributed by atoms with Crippen molar-refractivity contribution in [2.45, 2.75) is 0 Å². The van der Waals surface area contributed by atoms with Crippen LogP contribution in [-0.4, -0.2) is 34.4 Å². The van der Waals surface area contributed by atoms with Crippen molar-refractivity contribution in [2.75, 3.05) is 14.2 Å². The molecule has 0 spiro atoms. The lowest BCUT2D eigenvalue weighted by molar-refractivity contribution is 0.415. The molecule has 0 aliphatic rings. The van der Waals surface area contributed by atoms with Gasteiger partial charge in [0, 0.05) is 10.1 Å². The average molecular weight is 471 g/mol. The first-order chi connectivity index (χ1) is 16.6. The molecule has 0 amide bonds. The molecular weight excluding hydrogens is 448 g/mol. The van der Waals surface area contributed by atoms with E-state index < -0.39 is 0 Å². The van der Waals surface area contributed by atoms with Crippen LogP contribution in [0.15, 0.2) is 66.7 Å². The highest BCUT2D eigenvalue weighted by Crippen LogP contribution is 2.47. The van der Waals surface area contributed by atoms with Gasteiger partial charge in [0.1, 0.15) is 17.2 Å². The number of tetrazole rings is 1. The number of methoxy groups -OCH3 is 2. The Labute approximate surface area is 200 Å². The van der Waals surface area contributed by atoms with Crippen molar-refractivity contribution >= 4 is 33.6 Å². The number of fused-ring (bicyclic) bond motifs is 1. The summed E-state index contributed by atoms with van der Waals surface area (Å²) in [5.74, 6) is 3.76. The molecule has 0 saturated carbocycles. The van der Waals surface area contributed by atoms with E-state index in [9.17, 15) is 0 Å². The second-order valence-electron chi connectivity index (χ2n) is 7.49. The van der Waals surface area contributed by atoms with Crippen LogP contribution in [0.25, 0.3) is 32.7 Å². The molecule has 8 heteroatoms. The standard InChI is InChI=1S/C26H22N4O3S/c1-30-28-24(27-29-30)15-6-17-4-9-20(10-5-17)33-25-22-14-13-21(32-3)16-23(22)34-26(25)18-7-11-19(31-2)12-8-18/h4-16H,1-3H3. The summed E-state index contributed by atoms with van der Waals surface area (Å²) in [4.78, 5) is 2.47. The first kappa shape index (κ1) is 21.7. The predicted molar refractivity (Wildman–Crippen MR) is 135 cm³/mol. The Morgan fingerprint density at radius 3 is 2.21 bits per heavy atom. The summed E-state index contributed by atoms with van der Waals surface area (Å²) in [5, 5.41) is 13.0. The molecule has 3 aromatic carbocycles.